The second kappa shape index (κ2) is 8.88. The highest BCUT2D eigenvalue weighted by atomic mass is 16.2. The van der Waals surface area contributed by atoms with Gasteiger partial charge in [0, 0.05) is 38.3 Å². The minimum absolute atomic E-state index is 0.0437. The summed E-state index contributed by atoms with van der Waals surface area (Å²) in [5.74, 6) is 1.90. The molecule has 0 aromatic carbocycles. The summed E-state index contributed by atoms with van der Waals surface area (Å²) in [7, 11) is 0. The van der Waals surface area contributed by atoms with E-state index in [4.69, 9.17) is 5.73 Å². The summed E-state index contributed by atoms with van der Waals surface area (Å²) in [5, 5.41) is 0. The average molecular weight is 388 g/mol. The van der Waals surface area contributed by atoms with Crippen molar-refractivity contribution in [3.05, 3.63) is 17.5 Å². The Labute approximate surface area is 167 Å². The van der Waals surface area contributed by atoms with Crippen LogP contribution in [0.2, 0.25) is 0 Å². The molecular formula is C21H33N5O2. The van der Waals surface area contributed by atoms with E-state index in [2.05, 4.69) is 9.97 Å². The molecule has 28 heavy (non-hydrogen) atoms. The third-order valence-corrected chi connectivity index (χ3v) is 6.26. The van der Waals surface area contributed by atoms with E-state index >= 15 is 0 Å². The predicted molar refractivity (Wildman–Crippen MR) is 109 cm³/mol. The van der Waals surface area contributed by atoms with Gasteiger partial charge in [0.25, 0.3) is 5.91 Å². The van der Waals surface area contributed by atoms with Crippen LogP contribution in [0.5, 0.6) is 0 Å². The number of carbonyl (C=O) groups excluding carboxylic acids is 2. The molecule has 0 aliphatic carbocycles. The Morgan fingerprint density at radius 2 is 1.57 bits per heavy atom. The number of nitrogen functional groups attached to an aromatic ring is 1. The molecule has 2 saturated heterocycles. The zero-order valence-corrected chi connectivity index (χ0v) is 17.4. The van der Waals surface area contributed by atoms with Gasteiger partial charge in [-0.1, -0.05) is 20.8 Å². The van der Waals surface area contributed by atoms with Gasteiger partial charge in [-0.2, -0.15) is 0 Å². The van der Waals surface area contributed by atoms with Crippen LogP contribution in [-0.2, 0) is 4.79 Å². The van der Waals surface area contributed by atoms with E-state index in [9.17, 15) is 9.59 Å². The van der Waals surface area contributed by atoms with Gasteiger partial charge in [0.15, 0.2) is 0 Å². The van der Waals surface area contributed by atoms with Crippen LogP contribution in [0.4, 0.5) is 5.95 Å². The number of piperidine rings is 2. The number of anilines is 1. The van der Waals surface area contributed by atoms with Crippen molar-refractivity contribution in [3.8, 4) is 0 Å². The molecule has 2 fully saturated rings. The quantitative estimate of drug-likeness (QED) is 0.857. The highest BCUT2D eigenvalue weighted by Gasteiger charge is 2.32. The van der Waals surface area contributed by atoms with E-state index in [1.165, 1.54) is 0 Å². The Morgan fingerprint density at radius 1 is 1.04 bits per heavy atom. The number of aromatic nitrogens is 2. The number of carbonyl (C=O) groups is 2. The monoisotopic (exact) mass is 387 g/mol. The Hall–Kier alpha value is -2.18. The number of nitrogens with zero attached hydrogens (tertiary/aromatic N) is 4. The van der Waals surface area contributed by atoms with Gasteiger partial charge in [0.05, 0.1) is 0 Å². The van der Waals surface area contributed by atoms with Gasteiger partial charge in [-0.3, -0.25) is 9.59 Å². The highest BCUT2D eigenvalue weighted by molar-refractivity contribution is 5.92. The van der Waals surface area contributed by atoms with Crippen molar-refractivity contribution in [2.24, 2.45) is 11.8 Å². The smallest absolute Gasteiger partial charge is 0.272 e. The second-order valence-electron chi connectivity index (χ2n) is 8.39. The van der Waals surface area contributed by atoms with Crippen molar-refractivity contribution in [2.75, 3.05) is 31.9 Å². The highest BCUT2D eigenvalue weighted by Crippen LogP contribution is 2.33. The van der Waals surface area contributed by atoms with Gasteiger partial charge in [0.1, 0.15) is 5.69 Å². The lowest BCUT2D eigenvalue weighted by molar-refractivity contribution is -0.132. The fourth-order valence-electron chi connectivity index (χ4n) is 4.47. The lowest BCUT2D eigenvalue weighted by Crippen LogP contribution is -2.44. The van der Waals surface area contributed by atoms with Crippen LogP contribution in [0.25, 0.3) is 0 Å². The molecule has 2 amide bonds. The van der Waals surface area contributed by atoms with Crippen molar-refractivity contribution in [1.29, 1.82) is 0 Å². The molecule has 1 aromatic rings. The molecule has 7 heteroatoms. The number of hydrogen-bond donors (Lipinski definition) is 1. The Morgan fingerprint density at radius 3 is 2.07 bits per heavy atom. The molecule has 1 aromatic heterocycles. The van der Waals surface area contributed by atoms with Gasteiger partial charge < -0.3 is 15.5 Å². The van der Waals surface area contributed by atoms with E-state index < -0.39 is 0 Å². The van der Waals surface area contributed by atoms with Crippen LogP contribution < -0.4 is 5.73 Å². The van der Waals surface area contributed by atoms with E-state index in [1.54, 1.807) is 6.07 Å². The summed E-state index contributed by atoms with van der Waals surface area (Å²) in [6.45, 7) is 9.28. The maximum absolute atomic E-state index is 12.9. The van der Waals surface area contributed by atoms with Gasteiger partial charge in [-0.05, 0) is 49.5 Å². The molecular weight excluding hydrogens is 354 g/mol. The number of amides is 2. The molecule has 0 spiro atoms. The van der Waals surface area contributed by atoms with Crippen molar-refractivity contribution in [3.63, 3.8) is 0 Å². The summed E-state index contributed by atoms with van der Waals surface area (Å²) >= 11 is 0. The predicted octanol–water partition coefficient (Wildman–Crippen LogP) is 2.68. The largest absolute Gasteiger partial charge is 0.368 e. The van der Waals surface area contributed by atoms with E-state index in [1.807, 2.05) is 30.6 Å². The molecule has 2 aliphatic rings. The SMILES string of the molecule is CCC(=O)N1CCC(C2CCN(C(=O)c3cc(C(C)C)nc(N)n3)CC2)CC1. The van der Waals surface area contributed by atoms with Crippen molar-refractivity contribution in [1.82, 2.24) is 19.8 Å². The molecule has 3 heterocycles. The molecule has 0 saturated carbocycles. The van der Waals surface area contributed by atoms with Gasteiger partial charge in [0.2, 0.25) is 11.9 Å². The number of hydrogen-bond acceptors (Lipinski definition) is 5. The lowest BCUT2D eigenvalue weighted by Gasteiger charge is -2.40. The minimum atomic E-state index is -0.0437. The fraction of sp³-hybridized carbons (Fsp3) is 0.714. The first kappa shape index (κ1) is 20.6. The van der Waals surface area contributed by atoms with Crippen molar-refractivity contribution < 1.29 is 9.59 Å². The Kier molecular flexibility index (Phi) is 6.52. The lowest BCUT2D eigenvalue weighted by atomic mass is 9.78. The maximum Gasteiger partial charge on any atom is 0.272 e. The first-order valence-electron chi connectivity index (χ1n) is 10.6. The molecule has 3 rings (SSSR count). The summed E-state index contributed by atoms with van der Waals surface area (Å²) in [6, 6.07) is 1.77. The van der Waals surface area contributed by atoms with Crippen molar-refractivity contribution >= 4 is 17.8 Å². The van der Waals surface area contributed by atoms with E-state index in [0.29, 0.717) is 24.0 Å². The Bertz CT molecular complexity index is 705. The summed E-state index contributed by atoms with van der Waals surface area (Å²) < 4.78 is 0. The van der Waals surface area contributed by atoms with Gasteiger partial charge >= 0.3 is 0 Å². The maximum atomic E-state index is 12.9. The van der Waals surface area contributed by atoms with Crippen LogP contribution in [0.1, 0.15) is 75.0 Å². The number of nitrogens with two attached hydrogens (primary N) is 1. The van der Waals surface area contributed by atoms with E-state index in [0.717, 1.165) is 57.6 Å². The topological polar surface area (TPSA) is 92.4 Å². The van der Waals surface area contributed by atoms with Crippen molar-refractivity contribution in [2.45, 2.75) is 58.8 Å². The Balaban J connectivity index is 1.54. The van der Waals surface area contributed by atoms with Gasteiger partial charge in [-0.15, -0.1) is 0 Å². The first-order chi connectivity index (χ1) is 13.4. The summed E-state index contributed by atoms with van der Waals surface area (Å²) in [6.07, 6.45) is 4.82. The molecule has 2 aliphatic heterocycles. The molecule has 7 nitrogen and oxygen atoms in total. The third-order valence-electron chi connectivity index (χ3n) is 6.26. The van der Waals surface area contributed by atoms with Crippen LogP contribution in [0, 0.1) is 11.8 Å². The zero-order valence-electron chi connectivity index (χ0n) is 17.4. The minimum Gasteiger partial charge on any atom is -0.368 e. The second-order valence-corrected chi connectivity index (χ2v) is 8.39. The molecule has 2 N–H and O–H groups in total. The normalized spacial score (nSPS) is 19.3. The summed E-state index contributed by atoms with van der Waals surface area (Å²) in [4.78, 5) is 37.1. The number of likely N-dealkylation sites (tertiary alicyclic amines) is 2. The molecule has 0 atom stereocenters. The van der Waals surface area contributed by atoms with Crippen LogP contribution >= 0.6 is 0 Å². The van der Waals surface area contributed by atoms with E-state index in [-0.39, 0.29) is 23.7 Å². The van der Waals surface area contributed by atoms with Gasteiger partial charge in [-0.25, -0.2) is 9.97 Å². The molecule has 0 bridgehead atoms. The van der Waals surface area contributed by atoms with Crippen LogP contribution in [0.3, 0.4) is 0 Å². The number of rotatable bonds is 4. The summed E-state index contributed by atoms with van der Waals surface area (Å²) in [5.41, 5.74) is 7.01. The fourth-order valence-corrected chi connectivity index (χ4v) is 4.47. The molecule has 154 valence electrons. The van der Waals surface area contributed by atoms with Crippen LogP contribution in [-0.4, -0.2) is 57.8 Å². The van der Waals surface area contributed by atoms with Crippen LogP contribution in [0.15, 0.2) is 6.07 Å². The average Bonchev–Trinajstić information content (AvgIpc) is 2.72. The first-order valence-corrected chi connectivity index (χ1v) is 10.6. The third kappa shape index (κ3) is 4.62. The molecule has 0 radical (unpaired) electrons. The standard InChI is InChI=1S/C21H33N5O2/c1-4-19(27)25-9-5-15(6-10-25)16-7-11-26(12-8-16)20(28)18-13-17(14(2)3)23-21(22)24-18/h13-16H,4-12H2,1-3H3,(H2,22,23,24). The zero-order chi connectivity index (χ0) is 20.3. The molecule has 0 unspecified atom stereocenters.